The molecule has 0 aliphatic heterocycles. The summed E-state index contributed by atoms with van der Waals surface area (Å²) in [5, 5.41) is 13.1. The number of nitrogens with one attached hydrogen (secondary N) is 1. The molecule has 0 saturated carbocycles. The van der Waals surface area contributed by atoms with Crippen molar-refractivity contribution in [3.63, 3.8) is 0 Å². The molecule has 0 saturated heterocycles. The average molecular weight is 281 g/mol. The van der Waals surface area contributed by atoms with Gasteiger partial charge in [0.1, 0.15) is 5.75 Å². The van der Waals surface area contributed by atoms with E-state index in [-0.39, 0.29) is 10.6 Å². The summed E-state index contributed by atoms with van der Waals surface area (Å²) in [6.07, 6.45) is 4.12. The molecule has 0 radical (unpaired) electrons. The number of hydrogen-bond acceptors (Lipinski definition) is 4. The van der Waals surface area contributed by atoms with Crippen LogP contribution >= 0.6 is 0 Å². The Morgan fingerprint density at radius 1 is 1.32 bits per heavy atom. The van der Waals surface area contributed by atoms with Crippen LogP contribution in [0.3, 0.4) is 0 Å². The summed E-state index contributed by atoms with van der Waals surface area (Å²) in [7, 11) is -1.72. The molecule has 0 aliphatic carbocycles. The minimum atomic E-state index is -3.53. The molecule has 0 unspecified atom stereocenters. The van der Waals surface area contributed by atoms with E-state index in [9.17, 15) is 8.42 Å². The first kappa shape index (κ1) is 13.6. The second-order valence-corrected chi connectivity index (χ2v) is 5.93. The summed E-state index contributed by atoms with van der Waals surface area (Å²) < 4.78 is 28.0. The van der Waals surface area contributed by atoms with E-state index in [4.69, 9.17) is 5.11 Å². The Morgan fingerprint density at radius 2 is 2.00 bits per heavy atom. The zero-order valence-corrected chi connectivity index (χ0v) is 11.3. The number of aryl methyl sites for hydroxylation is 1. The van der Waals surface area contributed by atoms with E-state index in [2.05, 4.69) is 9.82 Å². The van der Waals surface area contributed by atoms with Crippen molar-refractivity contribution in [2.75, 3.05) is 6.54 Å². The maximum atomic E-state index is 11.9. The zero-order chi connectivity index (χ0) is 13.9. The first-order valence-corrected chi connectivity index (χ1v) is 7.22. The minimum Gasteiger partial charge on any atom is -0.508 e. The number of benzene rings is 1. The van der Waals surface area contributed by atoms with Gasteiger partial charge in [-0.15, -0.1) is 0 Å². The van der Waals surface area contributed by atoms with Crippen molar-refractivity contribution in [3.8, 4) is 5.75 Å². The SMILES string of the molecule is Cn1cc(CCNS(=O)(=O)c2ccc(O)cc2)cn1. The summed E-state index contributed by atoms with van der Waals surface area (Å²) in [6.45, 7) is 0.300. The van der Waals surface area contributed by atoms with Crippen molar-refractivity contribution in [2.45, 2.75) is 11.3 Å². The summed E-state index contributed by atoms with van der Waals surface area (Å²) in [5.74, 6) is 0.0364. The predicted octanol–water partition coefficient (Wildman–Crippen LogP) is 0.647. The summed E-state index contributed by atoms with van der Waals surface area (Å²) in [5.41, 5.74) is 0.968. The Kier molecular flexibility index (Phi) is 3.87. The van der Waals surface area contributed by atoms with Gasteiger partial charge in [0.2, 0.25) is 10.0 Å². The second kappa shape index (κ2) is 5.41. The smallest absolute Gasteiger partial charge is 0.240 e. The first-order chi connectivity index (χ1) is 8.97. The van der Waals surface area contributed by atoms with Gasteiger partial charge >= 0.3 is 0 Å². The third-order valence-electron chi connectivity index (χ3n) is 2.61. The van der Waals surface area contributed by atoms with E-state index >= 15 is 0 Å². The topological polar surface area (TPSA) is 84.2 Å². The Hall–Kier alpha value is -1.86. The lowest BCUT2D eigenvalue weighted by Gasteiger charge is -2.06. The lowest BCUT2D eigenvalue weighted by atomic mass is 10.3. The summed E-state index contributed by atoms with van der Waals surface area (Å²) in [6, 6.07) is 5.41. The average Bonchev–Trinajstić information content (AvgIpc) is 2.75. The quantitative estimate of drug-likeness (QED) is 0.842. The highest BCUT2D eigenvalue weighted by Gasteiger charge is 2.13. The van der Waals surface area contributed by atoms with Gasteiger partial charge in [-0.05, 0) is 36.2 Å². The molecule has 7 heteroatoms. The van der Waals surface area contributed by atoms with Gasteiger partial charge in [-0.3, -0.25) is 4.68 Å². The number of rotatable bonds is 5. The fraction of sp³-hybridized carbons (Fsp3) is 0.250. The normalized spacial score (nSPS) is 11.6. The maximum Gasteiger partial charge on any atom is 0.240 e. The number of aromatic nitrogens is 2. The predicted molar refractivity (Wildman–Crippen MR) is 70.2 cm³/mol. The van der Waals surface area contributed by atoms with Gasteiger partial charge in [0.05, 0.1) is 11.1 Å². The molecule has 6 nitrogen and oxygen atoms in total. The fourth-order valence-corrected chi connectivity index (χ4v) is 2.67. The van der Waals surface area contributed by atoms with Crippen LogP contribution in [0.25, 0.3) is 0 Å². The molecule has 2 rings (SSSR count). The lowest BCUT2D eigenvalue weighted by Crippen LogP contribution is -2.25. The van der Waals surface area contributed by atoms with Gasteiger partial charge < -0.3 is 5.11 Å². The molecule has 2 aromatic rings. The molecule has 102 valence electrons. The molecule has 0 spiro atoms. The van der Waals surface area contributed by atoms with Crippen LogP contribution in [0, 0.1) is 0 Å². The minimum absolute atomic E-state index is 0.0364. The number of hydrogen-bond donors (Lipinski definition) is 2. The van der Waals surface area contributed by atoms with Crippen LogP contribution in [0.4, 0.5) is 0 Å². The molecule has 0 fully saturated rings. The lowest BCUT2D eigenvalue weighted by molar-refractivity contribution is 0.474. The highest BCUT2D eigenvalue weighted by atomic mass is 32.2. The zero-order valence-electron chi connectivity index (χ0n) is 10.4. The van der Waals surface area contributed by atoms with Crippen LogP contribution in [-0.4, -0.2) is 29.8 Å². The number of aromatic hydroxyl groups is 1. The van der Waals surface area contributed by atoms with Crippen molar-refractivity contribution in [2.24, 2.45) is 7.05 Å². The van der Waals surface area contributed by atoms with E-state index in [1.807, 2.05) is 13.2 Å². The molecule has 0 aliphatic rings. The number of sulfonamides is 1. The molecular weight excluding hydrogens is 266 g/mol. The maximum absolute atomic E-state index is 11.9. The van der Waals surface area contributed by atoms with Crippen molar-refractivity contribution in [1.29, 1.82) is 0 Å². The van der Waals surface area contributed by atoms with E-state index in [0.717, 1.165) is 5.56 Å². The van der Waals surface area contributed by atoms with Gasteiger partial charge in [0.15, 0.2) is 0 Å². The molecule has 1 heterocycles. The van der Waals surface area contributed by atoms with Crippen molar-refractivity contribution in [3.05, 3.63) is 42.2 Å². The number of phenols is 1. The molecule has 0 bridgehead atoms. The van der Waals surface area contributed by atoms with Crippen molar-refractivity contribution in [1.82, 2.24) is 14.5 Å². The summed E-state index contributed by atoms with van der Waals surface area (Å²) >= 11 is 0. The molecule has 1 aromatic carbocycles. The standard InChI is InChI=1S/C12H15N3O3S/c1-15-9-10(8-13-15)6-7-14-19(17,18)12-4-2-11(16)3-5-12/h2-5,8-9,14,16H,6-7H2,1H3. The van der Waals surface area contributed by atoms with Gasteiger partial charge in [-0.2, -0.15) is 5.10 Å². The van der Waals surface area contributed by atoms with Crippen LogP contribution in [-0.2, 0) is 23.5 Å². The molecule has 0 amide bonds. The fourth-order valence-electron chi connectivity index (χ4n) is 1.64. The van der Waals surface area contributed by atoms with E-state index in [1.165, 1.54) is 24.3 Å². The Bertz CT molecular complexity index is 647. The molecule has 1 aromatic heterocycles. The highest BCUT2D eigenvalue weighted by Crippen LogP contribution is 2.14. The van der Waals surface area contributed by atoms with Crippen LogP contribution in [0.5, 0.6) is 5.75 Å². The largest absolute Gasteiger partial charge is 0.508 e. The van der Waals surface area contributed by atoms with Gasteiger partial charge in [-0.1, -0.05) is 0 Å². The third-order valence-corrected chi connectivity index (χ3v) is 4.09. The molecule has 19 heavy (non-hydrogen) atoms. The van der Waals surface area contributed by atoms with Gasteiger partial charge in [0, 0.05) is 19.8 Å². The molecular formula is C12H15N3O3S. The van der Waals surface area contributed by atoms with Gasteiger partial charge in [-0.25, -0.2) is 13.1 Å². The van der Waals surface area contributed by atoms with E-state index < -0.39 is 10.0 Å². The Balaban J connectivity index is 1.96. The second-order valence-electron chi connectivity index (χ2n) is 4.16. The summed E-state index contributed by atoms with van der Waals surface area (Å²) in [4.78, 5) is 0.136. The highest BCUT2D eigenvalue weighted by molar-refractivity contribution is 7.89. The van der Waals surface area contributed by atoms with E-state index in [0.29, 0.717) is 13.0 Å². The van der Waals surface area contributed by atoms with Crippen LogP contribution in [0.1, 0.15) is 5.56 Å². The Labute approximate surface area is 111 Å². The van der Waals surface area contributed by atoms with Crippen LogP contribution in [0.2, 0.25) is 0 Å². The van der Waals surface area contributed by atoms with Crippen LogP contribution in [0.15, 0.2) is 41.6 Å². The molecule has 2 N–H and O–H groups in total. The van der Waals surface area contributed by atoms with Gasteiger partial charge in [0.25, 0.3) is 0 Å². The monoisotopic (exact) mass is 281 g/mol. The molecule has 0 atom stereocenters. The van der Waals surface area contributed by atoms with Crippen molar-refractivity contribution >= 4 is 10.0 Å². The van der Waals surface area contributed by atoms with Crippen LogP contribution < -0.4 is 4.72 Å². The number of nitrogens with zero attached hydrogens (tertiary/aromatic N) is 2. The van der Waals surface area contributed by atoms with E-state index in [1.54, 1.807) is 10.9 Å². The van der Waals surface area contributed by atoms with Crippen molar-refractivity contribution < 1.29 is 13.5 Å². The first-order valence-electron chi connectivity index (χ1n) is 5.73. The number of phenolic OH excluding ortho intramolecular Hbond substituents is 1. The Morgan fingerprint density at radius 3 is 2.58 bits per heavy atom. The third kappa shape index (κ3) is 3.55.